The van der Waals surface area contributed by atoms with Crippen molar-refractivity contribution in [2.75, 3.05) is 18.0 Å². The third-order valence-corrected chi connectivity index (χ3v) is 5.52. The van der Waals surface area contributed by atoms with Gasteiger partial charge in [-0.3, -0.25) is 4.68 Å². The number of hydrogen-bond acceptors (Lipinski definition) is 6. The summed E-state index contributed by atoms with van der Waals surface area (Å²) in [6.45, 7) is 5.00. The summed E-state index contributed by atoms with van der Waals surface area (Å²) in [6.07, 6.45) is 12.4. The predicted molar refractivity (Wildman–Crippen MR) is 101 cm³/mol. The van der Waals surface area contributed by atoms with Gasteiger partial charge in [0.2, 0.25) is 0 Å². The topological polar surface area (TPSA) is 77.5 Å². The Morgan fingerprint density at radius 2 is 1.85 bits per heavy atom. The van der Waals surface area contributed by atoms with Crippen molar-refractivity contribution in [1.29, 1.82) is 0 Å². The molecule has 1 aliphatic heterocycles. The molecule has 8 heteroatoms. The Bertz CT molecular complexity index is 917. The van der Waals surface area contributed by atoms with Gasteiger partial charge in [0.25, 0.3) is 0 Å². The monoisotopic (exact) mass is 364 g/mol. The SMILES string of the molecule is Cc1cnn(-c2cc(N3CCC(Cn4cc(C5CC5)nn4)CC3)ncn2)c1. The van der Waals surface area contributed by atoms with E-state index in [0.717, 1.165) is 49.7 Å². The second kappa shape index (κ2) is 6.75. The van der Waals surface area contributed by atoms with Crippen molar-refractivity contribution in [3.05, 3.63) is 42.2 Å². The Labute approximate surface area is 158 Å². The molecule has 3 aromatic heterocycles. The summed E-state index contributed by atoms with van der Waals surface area (Å²) in [6, 6.07) is 2.02. The Kier molecular flexibility index (Phi) is 4.10. The summed E-state index contributed by atoms with van der Waals surface area (Å²) in [5.74, 6) is 3.10. The summed E-state index contributed by atoms with van der Waals surface area (Å²) >= 11 is 0. The zero-order valence-electron chi connectivity index (χ0n) is 15.6. The van der Waals surface area contributed by atoms with E-state index in [1.807, 2.05) is 30.1 Å². The molecule has 0 bridgehead atoms. The first-order chi connectivity index (χ1) is 13.2. The molecule has 0 amide bonds. The maximum Gasteiger partial charge on any atom is 0.158 e. The summed E-state index contributed by atoms with van der Waals surface area (Å²) in [5, 5.41) is 13.0. The van der Waals surface area contributed by atoms with Gasteiger partial charge in [0.1, 0.15) is 12.1 Å². The minimum Gasteiger partial charge on any atom is -0.356 e. The van der Waals surface area contributed by atoms with E-state index < -0.39 is 0 Å². The summed E-state index contributed by atoms with van der Waals surface area (Å²) in [4.78, 5) is 11.2. The van der Waals surface area contributed by atoms with Crippen LogP contribution in [0.5, 0.6) is 0 Å². The van der Waals surface area contributed by atoms with Crippen LogP contribution in [0.25, 0.3) is 5.82 Å². The maximum atomic E-state index is 4.48. The molecule has 1 saturated heterocycles. The highest BCUT2D eigenvalue weighted by molar-refractivity contribution is 5.43. The van der Waals surface area contributed by atoms with Crippen LogP contribution in [0.15, 0.2) is 31.0 Å². The normalized spacial score (nSPS) is 18.2. The second-order valence-electron chi connectivity index (χ2n) is 7.77. The van der Waals surface area contributed by atoms with Crippen LogP contribution in [0, 0.1) is 12.8 Å². The molecule has 140 valence electrons. The highest BCUT2D eigenvalue weighted by Gasteiger charge is 2.27. The van der Waals surface area contributed by atoms with Crippen LogP contribution in [-0.4, -0.2) is 47.8 Å². The number of anilines is 1. The number of piperidine rings is 1. The molecule has 2 fully saturated rings. The largest absolute Gasteiger partial charge is 0.356 e. The van der Waals surface area contributed by atoms with E-state index in [2.05, 4.69) is 36.5 Å². The average Bonchev–Trinajstić information content (AvgIpc) is 3.29. The Morgan fingerprint density at radius 3 is 2.59 bits per heavy atom. The van der Waals surface area contributed by atoms with Crippen molar-refractivity contribution >= 4 is 5.82 Å². The van der Waals surface area contributed by atoms with Gasteiger partial charge in [0.15, 0.2) is 5.82 Å². The fourth-order valence-electron chi connectivity index (χ4n) is 3.75. The molecule has 4 heterocycles. The molecule has 1 aliphatic carbocycles. The second-order valence-corrected chi connectivity index (χ2v) is 7.77. The van der Waals surface area contributed by atoms with Gasteiger partial charge < -0.3 is 4.90 Å². The van der Waals surface area contributed by atoms with E-state index >= 15 is 0 Å². The predicted octanol–water partition coefficient (Wildman–Crippen LogP) is 2.36. The molecule has 0 spiro atoms. The van der Waals surface area contributed by atoms with Crippen molar-refractivity contribution in [3.63, 3.8) is 0 Å². The summed E-state index contributed by atoms with van der Waals surface area (Å²) in [5.41, 5.74) is 2.30. The maximum absolute atomic E-state index is 4.48. The quantitative estimate of drug-likeness (QED) is 0.692. The van der Waals surface area contributed by atoms with Gasteiger partial charge in [0.05, 0.1) is 11.9 Å². The number of nitrogens with zero attached hydrogens (tertiary/aromatic N) is 8. The highest BCUT2D eigenvalue weighted by Crippen LogP contribution is 2.38. The van der Waals surface area contributed by atoms with Gasteiger partial charge >= 0.3 is 0 Å². The first-order valence-electron chi connectivity index (χ1n) is 9.73. The van der Waals surface area contributed by atoms with Gasteiger partial charge in [-0.1, -0.05) is 5.21 Å². The van der Waals surface area contributed by atoms with Crippen molar-refractivity contribution in [2.45, 2.75) is 45.1 Å². The van der Waals surface area contributed by atoms with E-state index in [0.29, 0.717) is 11.8 Å². The first kappa shape index (κ1) is 16.4. The van der Waals surface area contributed by atoms with Crippen LogP contribution in [0.4, 0.5) is 5.82 Å². The van der Waals surface area contributed by atoms with Crippen LogP contribution < -0.4 is 4.90 Å². The lowest BCUT2D eigenvalue weighted by molar-refractivity contribution is 0.338. The lowest BCUT2D eigenvalue weighted by atomic mass is 9.97. The molecular weight excluding hydrogens is 340 g/mol. The fourth-order valence-corrected chi connectivity index (χ4v) is 3.75. The molecule has 1 saturated carbocycles. The first-order valence-corrected chi connectivity index (χ1v) is 9.73. The van der Waals surface area contributed by atoms with Crippen LogP contribution in [0.1, 0.15) is 42.9 Å². The molecule has 3 aromatic rings. The molecule has 5 rings (SSSR count). The zero-order chi connectivity index (χ0) is 18.2. The van der Waals surface area contributed by atoms with Crippen LogP contribution in [0.3, 0.4) is 0 Å². The van der Waals surface area contributed by atoms with Gasteiger partial charge in [-0.15, -0.1) is 5.10 Å². The minimum absolute atomic E-state index is 0.644. The molecule has 0 atom stereocenters. The van der Waals surface area contributed by atoms with Crippen LogP contribution >= 0.6 is 0 Å². The number of aromatic nitrogens is 7. The van der Waals surface area contributed by atoms with E-state index in [1.165, 1.54) is 18.5 Å². The van der Waals surface area contributed by atoms with E-state index in [9.17, 15) is 0 Å². The van der Waals surface area contributed by atoms with Crippen molar-refractivity contribution in [1.82, 2.24) is 34.7 Å². The Hall–Kier alpha value is -2.77. The fraction of sp³-hybridized carbons (Fsp3) is 0.526. The smallest absolute Gasteiger partial charge is 0.158 e. The molecule has 0 radical (unpaired) electrons. The lowest BCUT2D eigenvalue weighted by Gasteiger charge is -2.32. The molecular formula is C19H24N8. The highest BCUT2D eigenvalue weighted by atomic mass is 15.4. The van der Waals surface area contributed by atoms with Crippen molar-refractivity contribution in [2.24, 2.45) is 5.92 Å². The van der Waals surface area contributed by atoms with Crippen LogP contribution in [-0.2, 0) is 6.54 Å². The van der Waals surface area contributed by atoms with Gasteiger partial charge in [-0.2, -0.15) is 5.10 Å². The Morgan fingerprint density at radius 1 is 1.04 bits per heavy atom. The molecule has 0 aromatic carbocycles. The molecule has 2 aliphatic rings. The molecule has 0 unspecified atom stereocenters. The van der Waals surface area contributed by atoms with E-state index in [1.54, 1.807) is 11.0 Å². The van der Waals surface area contributed by atoms with Crippen LogP contribution in [0.2, 0.25) is 0 Å². The van der Waals surface area contributed by atoms with E-state index in [4.69, 9.17) is 0 Å². The lowest BCUT2D eigenvalue weighted by Crippen LogP contribution is -2.35. The van der Waals surface area contributed by atoms with Gasteiger partial charge in [-0.05, 0) is 44.1 Å². The standard InChI is InChI=1S/C19H24N8/c1-14-9-22-27(10-14)19-8-18(20-13-21-19)25-6-4-15(5-7-25)11-26-12-17(23-24-26)16-2-3-16/h8-10,12-13,15-16H,2-7,11H2,1H3. The van der Waals surface area contributed by atoms with Gasteiger partial charge in [-0.25, -0.2) is 14.6 Å². The average molecular weight is 364 g/mol. The molecule has 8 nitrogen and oxygen atoms in total. The van der Waals surface area contributed by atoms with Crippen molar-refractivity contribution < 1.29 is 0 Å². The number of hydrogen-bond donors (Lipinski definition) is 0. The summed E-state index contributed by atoms with van der Waals surface area (Å²) < 4.78 is 3.84. The Balaban J connectivity index is 1.21. The van der Waals surface area contributed by atoms with Crippen molar-refractivity contribution in [3.8, 4) is 5.82 Å². The molecule has 0 N–H and O–H groups in total. The number of rotatable bonds is 5. The third kappa shape index (κ3) is 3.56. The zero-order valence-corrected chi connectivity index (χ0v) is 15.6. The number of aryl methyl sites for hydroxylation is 1. The molecule has 27 heavy (non-hydrogen) atoms. The van der Waals surface area contributed by atoms with Gasteiger partial charge in [0, 0.05) is 44.0 Å². The minimum atomic E-state index is 0.644. The third-order valence-electron chi connectivity index (χ3n) is 5.52. The summed E-state index contributed by atoms with van der Waals surface area (Å²) in [7, 11) is 0. The van der Waals surface area contributed by atoms with E-state index in [-0.39, 0.29) is 0 Å².